The maximum atomic E-state index is 12.6. The zero-order valence-corrected chi connectivity index (χ0v) is 10.8. The van der Waals surface area contributed by atoms with Gasteiger partial charge < -0.3 is 5.32 Å². The molecule has 0 aliphatic carbocycles. The monoisotopic (exact) mass is 299 g/mol. The average molecular weight is 299 g/mol. The van der Waals surface area contributed by atoms with Crippen LogP contribution in [-0.4, -0.2) is 12.7 Å². The lowest BCUT2D eigenvalue weighted by Gasteiger charge is -2.21. The van der Waals surface area contributed by atoms with Crippen LogP contribution in [0.4, 0.5) is 26.3 Å². The summed E-state index contributed by atoms with van der Waals surface area (Å²) in [7, 11) is 0. The van der Waals surface area contributed by atoms with Gasteiger partial charge in [-0.1, -0.05) is 19.1 Å². The summed E-state index contributed by atoms with van der Waals surface area (Å²) < 4.78 is 75.2. The molecule has 1 nitrogen and oxygen atoms in total. The van der Waals surface area contributed by atoms with Crippen LogP contribution in [0, 0.1) is 0 Å². The highest BCUT2D eigenvalue weighted by Crippen LogP contribution is 2.34. The van der Waals surface area contributed by atoms with E-state index in [0.29, 0.717) is 13.0 Å². The molecule has 0 amide bonds. The Morgan fingerprint density at radius 3 is 2.25 bits per heavy atom. The number of hydrogen-bond acceptors (Lipinski definition) is 1. The molecule has 0 saturated heterocycles. The molecule has 0 saturated carbocycles. The van der Waals surface area contributed by atoms with E-state index in [4.69, 9.17) is 0 Å². The molecule has 0 aliphatic rings. The zero-order chi connectivity index (χ0) is 15.4. The second kappa shape index (κ2) is 6.47. The van der Waals surface area contributed by atoms with Crippen LogP contribution in [0.3, 0.4) is 0 Å². The summed E-state index contributed by atoms with van der Waals surface area (Å²) in [5.74, 6) is 0. The highest BCUT2D eigenvalue weighted by atomic mass is 19.4. The number of benzene rings is 1. The fourth-order valence-electron chi connectivity index (χ4n) is 1.79. The first-order chi connectivity index (χ1) is 9.13. The summed E-state index contributed by atoms with van der Waals surface area (Å²) in [4.78, 5) is 0. The lowest BCUT2D eigenvalue weighted by molar-refractivity contribution is -0.140. The number of rotatable bonds is 5. The Hall–Kier alpha value is -1.24. The van der Waals surface area contributed by atoms with E-state index in [2.05, 4.69) is 5.32 Å². The third-order valence-electron chi connectivity index (χ3n) is 2.69. The van der Waals surface area contributed by atoms with Gasteiger partial charge in [-0.25, -0.2) is 0 Å². The van der Waals surface area contributed by atoms with Gasteiger partial charge in [0.05, 0.1) is 12.0 Å². The molecule has 0 fully saturated rings. The second-order valence-electron chi connectivity index (χ2n) is 4.45. The number of halogens is 6. The minimum absolute atomic E-state index is 0.00870. The molecule has 1 aromatic rings. The topological polar surface area (TPSA) is 12.0 Å². The van der Waals surface area contributed by atoms with E-state index in [0.717, 1.165) is 18.2 Å². The molecule has 7 heteroatoms. The van der Waals surface area contributed by atoms with Gasteiger partial charge in [0.2, 0.25) is 0 Å². The van der Waals surface area contributed by atoms with Gasteiger partial charge >= 0.3 is 12.4 Å². The van der Waals surface area contributed by atoms with Crippen molar-refractivity contribution in [2.24, 2.45) is 0 Å². The standard InChI is InChI=1S/C13H15F6N/c1-2-6-20-11(8-12(14,15)16)9-4-3-5-10(7-9)13(17,18)19/h3-5,7,11,20H,2,6,8H2,1H3. The average Bonchev–Trinajstić information content (AvgIpc) is 2.32. The van der Waals surface area contributed by atoms with Crippen LogP contribution < -0.4 is 5.32 Å². The molecular weight excluding hydrogens is 284 g/mol. The predicted octanol–water partition coefficient (Wildman–Crippen LogP) is 4.70. The number of hydrogen-bond donors (Lipinski definition) is 1. The van der Waals surface area contributed by atoms with Crippen molar-refractivity contribution in [3.8, 4) is 0 Å². The summed E-state index contributed by atoms with van der Waals surface area (Å²) in [5, 5.41) is 2.63. The Kier molecular flexibility index (Phi) is 5.44. The van der Waals surface area contributed by atoms with Crippen molar-refractivity contribution >= 4 is 0 Å². The predicted molar refractivity (Wildman–Crippen MR) is 63.2 cm³/mol. The normalized spacial score (nSPS) is 14.3. The lowest BCUT2D eigenvalue weighted by atomic mass is 10.0. The van der Waals surface area contributed by atoms with E-state index in [1.165, 1.54) is 6.07 Å². The molecule has 114 valence electrons. The fourth-order valence-corrected chi connectivity index (χ4v) is 1.79. The first-order valence-electron chi connectivity index (χ1n) is 6.11. The highest BCUT2D eigenvalue weighted by molar-refractivity contribution is 5.28. The molecule has 0 radical (unpaired) electrons. The fraction of sp³-hybridized carbons (Fsp3) is 0.538. The minimum atomic E-state index is -4.57. The lowest BCUT2D eigenvalue weighted by Crippen LogP contribution is -2.27. The van der Waals surface area contributed by atoms with Gasteiger partial charge in [-0.05, 0) is 30.7 Å². The third kappa shape index (κ3) is 5.40. The molecule has 1 atom stereocenters. The van der Waals surface area contributed by atoms with E-state index < -0.39 is 30.4 Å². The van der Waals surface area contributed by atoms with E-state index in [9.17, 15) is 26.3 Å². The molecule has 1 N–H and O–H groups in total. The Balaban J connectivity index is 3.01. The highest BCUT2D eigenvalue weighted by Gasteiger charge is 2.34. The van der Waals surface area contributed by atoms with Crippen molar-refractivity contribution in [1.82, 2.24) is 5.32 Å². The van der Waals surface area contributed by atoms with Crippen LogP contribution in [0.5, 0.6) is 0 Å². The van der Waals surface area contributed by atoms with Gasteiger partial charge in [-0.3, -0.25) is 0 Å². The van der Waals surface area contributed by atoms with Crippen molar-refractivity contribution in [1.29, 1.82) is 0 Å². The summed E-state index contributed by atoms with van der Waals surface area (Å²) in [6.45, 7) is 2.07. The van der Waals surface area contributed by atoms with Gasteiger partial charge in [0.15, 0.2) is 0 Å². The van der Waals surface area contributed by atoms with Crippen molar-refractivity contribution < 1.29 is 26.3 Å². The number of nitrogens with one attached hydrogen (secondary N) is 1. The summed E-state index contributed by atoms with van der Waals surface area (Å²) >= 11 is 0. The first-order valence-corrected chi connectivity index (χ1v) is 6.11. The molecular formula is C13H15F6N. The SMILES string of the molecule is CCCNC(CC(F)(F)F)c1cccc(C(F)(F)F)c1. The van der Waals surface area contributed by atoms with Gasteiger partial charge in [0.1, 0.15) is 0 Å². The molecule has 1 unspecified atom stereocenters. The minimum Gasteiger partial charge on any atom is -0.310 e. The molecule has 1 aromatic carbocycles. The van der Waals surface area contributed by atoms with E-state index in [1.54, 1.807) is 6.92 Å². The summed E-state index contributed by atoms with van der Waals surface area (Å²) in [6.07, 6.45) is -9.62. The van der Waals surface area contributed by atoms with Crippen molar-refractivity contribution in [2.45, 2.75) is 38.2 Å². The van der Waals surface area contributed by atoms with Crippen molar-refractivity contribution in [3.63, 3.8) is 0 Å². The van der Waals surface area contributed by atoms with E-state index >= 15 is 0 Å². The smallest absolute Gasteiger partial charge is 0.310 e. The van der Waals surface area contributed by atoms with Gasteiger partial charge in [-0.15, -0.1) is 0 Å². The Bertz CT molecular complexity index is 424. The van der Waals surface area contributed by atoms with Crippen LogP contribution in [0.2, 0.25) is 0 Å². The van der Waals surface area contributed by atoms with Crippen LogP contribution in [-0.2, 0) is 6.18 Å². The summed E-state index contributed by atoms with van der Waals surface area (Å²) in [5.41, 5.74) is -0.953. The van der Waals surface area contributed by atoms with E-state index in [1.807, 2.05) is 0 Å². The molecule has 0 heterocycles. The Morgan fingerprint density at radius 2 is 1.75 bits per heavy atom. The number of alkyl halides is 6. The third-order valence-corrected chi connectivity index (χ3v) is 2.69. The van der Waals surface area contributed by atoms with Gasteiger partial charge in [0, 0.05) is 6.04 Å². The van der Waals surface area contributed by atoms with Crippen molar-refractivity contribution in [2.75, 3.05) is 6.54 Å². The zero-order valence-electron chi connectivity index (χ0n) is 10.8. The van der Waals surface area contributed by atoms with Crippen LogP contribution in [0.25, 0.3) is 0 Å². The van der Waals surface area contributed by atoms with Gasteiger partial charge in [0.25, 0.3) is 0 Å². The first kappa shape index (κ1) is 16.8. The van der Waals surface area contributed by atoms with Crippen LogP contribution >= 0.6 is 0 Å². The van der Waals surface area contributed by atoms with Crippen LogP contribution in [0.15, 0.2) is 24.3 Å². The Morgan fingerprint density at radius 1 is 1.10 bits per heavy atom. The molecule has 20 heavy (non-hydrogen) atoms. The Labute approximate surface area is 113 Å². The summed E-state index contributed by atoms with van der Waals surface area (Å²) in [6, 6.07) is 2.83. The molecule has 0 bridgehead atoms. The molecule has 0 spiro atoms. The second-order valence-corrected chi connectivity index (χ2v) is 4.45. The molecule has 0 aliphatic heterocycles. The van der Waals surface area contributed by atoms with E-state index in [-0.39, 0.29) is 5.56 Å². The van der Waals surface area contributed by atoms with Crippen LogP contribution in [0.1, 0.15) is 36.9 Å². The maximum absolute atomic E-state index is 12.6. The molecule has 0 aromatic heterocycles. The van der Waals surface area contributed by atoms with Crippen molar-refractivity contribution in [3.05, 3.63) is 35.4 Å². The maximum Gasteiger partial charge on any atom is 0.416 e. The quantitative estimate of drug-likeness (QED) is 0.777. The van der Waals surface area contributed by atoms with Gasteiger partial charge in [-0.2, -0.15) is 26.3 Å². The molecule has 1 rings (SSSR count). The largest absolute Gasteiger partial charge is 0.416 e.